The summed E-state index contributed by atoms with van der Waals surface area (Å²) in [4.78, 5) is 36.5. The molecule has 0 spiro atoms. The lowest BCUT2D eigenvalue weighted by Gasteiger charge is -2.13. The molecule has 0 unspecified atom stereocenters. The molecule has 1 amide bonds. The molecule has 16 heavy (non-hydrogen) atoms. The van der Waals surface area contributed by atoms with Crippen LogP contribution in [0.5, 0.6) is 0 Å². The number of hydrogen-bond acceptors (Lipinski definition) is 6. The van der Waals surface area contributed by atoms with E-state index in [0.29, 0.717) is 0 Å². The Labute approximate surface area is 92.2 Å². The van der Waals surface area contributed by atoms with Gasteiger partial charge in [-0.25, -0.2) is 0 Å². The van der Waals surface area contributed by atoms with E-state index in [0.717, 1.165) is 4.90 Å². The minimum Gasteiger partial charge on any atom is -0.464 e. The van der Waals surface area contributed by atoms with Gasteiger partial charge in [-0.05, 0) is 0 Å². The Morgan fingerprint density at radius 3 is 2.56 bits per heavy atom. The SMILES string of the molecule is [CH2]C(=O)N(C)CC(=O)OCCCO[N+](=O)[O-]. The van der Waals surface area contributed by atoms with Crippen LogP contribution in [0.25, 0.3) is 0 Å². The Balaban J connectivity index is 3.51. The number of likely N-dealkylation sites (N-methyl/N-ethyl adjacent to an activating group) is 1. The summed E-state index contributed by atoms with van der Waals surface area (Å²) in [5.74, 6) is -1.09. The highest BCUT2D eigenvalue weighted by molar-refractivity contribution is 5.84. The van der Waals surface area contributed by atoms with Gasteiger partial charge in [-0.2, -0.15) is 0 Å². The van der Waals surface area contributed by atoms with Crippen LogP contribution < -0.4 is 0 Å². The van der Waals surface area contributed by atoms with Crippen molar-refractivity contribution in [3.8, 4) is 0 Å². The summed E-state index contributed by atoms with van der Waals surface area (Å²) < 4.78 is 4.68. The maximum Gasteiger partial charge on any atom is 0.325 e. The fourth-order valence-corrected chi connectivity index (χ4v) is 0.711. The van der Waals surface area contributed by atoms with E-state index >= 15 is 0 Å². The van der Waals surface area contributed by atoms with Crippen LogP contribution in [0.15, 0.2) is 0 Å². The van der Waals surface area contributed by atoms with Crippen molar-refractivity contribution in [3.63, 3.8) is 0 Å². The van der Waals surface area contributed by atoms with E-state index in [2.05, 4.69) is 16.5 Å². The van der Waals surface area contributed by atoms with Crippen molar-refractivity contribution in [2.45, 2.75) is 6.42 Å². The number of amides is 1. The maximum atomic E-state index is 11.0. The van der Waals surface area contributed by atoms with Crippen LogP contribution in [-0.2, 0) is 19.2 Å². The molecule has 91 valence electrons. The molecule has 0 aliphatic carbocycles. The number of rotatable bonds is 7. The smallest absolute Gasteiger partial charge is 0.325 e. The van der Waals surface area contributed by atoms with Crippen LogP contribution >= 0.6 is 0 Å². The third-order valence-electron chi connectivity index (χ3n) is 1.54. The maximum absolute atomic E-state index is 11.0. The van der Waals surface area contributed by atoms with E-state index in [-0.39, 0.29) is 26.2 Å². The first-order chi connectivity index (χ1) is 7.43. The summed E-state index contributed by atoms with van der Waals surface area (Å²) in [5.41, 5.74) is 0. The van der Waals surface area contributed by atoms with Gasteiger partial charge in [-0.3, -0.25) is 9.59 Å². The highest BCUT2D eigenvalue weighted by Gasteiger charge is 2.09. The molecule has 8 nitrogen and oxygen atoms in total. The molecule has 0 aliphatic heterocycles. The third kappa shape index (κ3) is 7.54. The van der Waals surface area contributed by atoms with Crippen LogP contribution in [0.4, 0.5) is 0 Å². The van der Waals surface area contributed by atoms with Crippen LogP contribution in [0.1, 0.15) is 6.42 Å². The minimum absolute atomic E-state index is 0.00580. The fraction of sp³-hybridized carbons (Fsp3) is 0.625. The van der Waals surface area contributed by atoms with Crippen LogP contribution in [-0.4, -0.2) is 48.7 Å². The topological polar surface area (TPSA) is 99.0 Å². The zero-order valence-electron chi connectivity index (χ0n) is 8.88. The first-order valence-electron chi connectivity index (χ1n) is 4.43. The number of carbonyl (C=O) groups excluding carboxylic acids is 2. The number of carbonyl (C=O) groups is 2. The zero-order valence-corrected chi connectivity index (χ0v) is 8.88. The molecule has 0 saturated carbocycles. The summed E-state index contributed by atoms with van der Waals surface area (Å²) >= 11 is 0. The molecule has 1 radical (unpaired) electrons. The molecular weight excluding hydrogens is 220 g/mol. The Morgan fingerprint density at radius 2 is 2.06 bits per heavy atom. The number of hydrogen-bond donors (Lipinski definition) is 0. The zero-order chi connectivity index (χ0) is 12.6. The van der Waals surface area contributed by atoms with Gasteiger partial charge in [0.1, 0.15) is 6.54 Å². The lowest BCUT2D eigenvalue weighted by Crippen LogP contribution is -2.31. The predicted molar refractivity (Wildman–Crippen MR) is 51.5 cm³/mol. The van der Waals surface area contributed by atoms with Crippen molar-refractivity contribution in [1.82, 2.24) is 4.90 Å². The molecule has 0 bridgehead atoms. The van der Waals surface area contributed by atoms with Crippen molar-refractivity contribution >= 4 is 11.9 Å². The molecular formula is C8H13N2O6. The van der Waals surface area contributed by atoms with Gasteiger partial charge < -0.3 is 14.5 Å². The molecule has 0 N–H and O–H groups in total. The quantitative estimate of drug-likeness (QED) is 0.252. The second kappa shape index (κ2) is 7.43. The predicted octanol–water partition coefficient (Wildman–Crippen LogP) is -0.580. The van der Waals surface area contributed by atoms with Gasteiger partial charge in [-0.15, -0.1) is 10.1 Å². The summed E-state index contributed by atoms with van der Waals surface area (Å²) in [6.07, 6.45) is 0.217. The fourth-order valence-electron chi connectivity index (χ4n) is 0.711. The Hall–Kier alpha value is -1.86. The van der Waals surface area contributed by atoms with E-state index in [9.17, 15) is 19.7 Å². The second-order valence-electron chi connectivity index (χ2n) is 2.88. The van der Waals surface area contributed by atoms with Crippen LogP contribution in [0, 0.1) is 17.0 Å². The minimum atomic E-state index is -0.920. The lowest BCUT2D eigenvalue weighted by molar-refractivity contribution is -0.757. The van der Waals surface area contributed by atoms with E-state index in [1.807, 2.05) is 0 Å². The molecule has 8 heteroatoms. The first kappa shape index (κ1) is 14.1. The van der Waals surface area contributed by atoms with Crippen LogP contribution in [0.3, 0.4) is 0 Å². The molecule has 0 heterocycles. The molecule has 0 aromatic rings. The highest BCUT2D eigenvalue weighted by Crippen LogP contribution is 1.90. The van der Waals surface area contributed by atoms with Gasteiger partial charge in [0.2, 0.25) is 5.91 Å². The second-order valence-corrected chi connectivity index (χ2v) is 2.88. The van der Waals surface area contributed by atoms with Crippen molar-refractivity contribution in [2.24, 2.45) is 0 Å². The molecule has 0 rings (SSSR count). The normalized spacial score (nSPS) is 9.38. The standard InChI is InChI=1S/C8H13N2O6/c1-7(11)9(2)6-8(12)15-4-3-5-16-10(13)14/h1,3-6H2,2H3. The Kier molecular flexibility index (Phi) is 6.57. The van der Waals surface area contributed by atoms with E-state index < -0.39 is 17.0 Å². The Morgan fingerprint density at radius 1 is 1.44 bits per heavy atom. The summed E-state index contributed by atoms with van der Waals surface area (Å²) in [5, 5.41) is 8.82. The molecule has 0 aliphatic rings. The van der Waals surface area contributed by atoms with Crippen molar-refractivity contribution < 1.29 is 24.3 Å². The van der Waals surface area contributed by atoms with Gasteiger partial charge >= 0.3 is 5.97 Å². The largest absolute Gasteiger partial charge is 0.464 e. The summed E-state index contributed by atoms with van der Waals surface area (Å²) in [7, 11) is 1.41. The molecule has 0 fully saturated rings. The summed E-state index contributed by atoms with van der Waals surface area (Å²) in [6, 6.07) is 0. The first-order valence-corrected chi connectivity index (χ1v) is 4.43. The van der Waals surface area contributed by atoms with Gasteiger partial charge in [0.05, 0.1) is 13.2 Å². The van der Waals surface area contributed by atoms with Gasteiger partial charge in [0.25, 0.3) is 5.09 Å². The number of esters is 1. The van der Waals surface area contributed by atoms with Gasteiger partial charge in [0.15, 0.2) is 0 Å². The van der Waals surface area contributed by atoms with Crippen molar-refractivity contribution in [2.75, 3.05) is 26.8 Å². The monoisotopic (exact) mass is 233 g/mol. The number of ether oxygens (including phenoxy) is 1. The highest BCUT2D eigenvalue weighted by atomic mass is 16.9. The van der Waals surface area contributed by atoms with Crippen LogP contribution in [0.2, 0.25) is 0 Å². The van der Waals surface area contributed by atoms with E-state index in [1.165, 1.54) is 7.05 Å². The molecule has 0 aromatic heterocycles. The van der Waals surface area contributed by atoms with Crippen molar-refractivity contribution in [1.29, 1.82) is 0 Å². The molecule has 0 saturated heterocycles. The van der Waals surface area contributed by atoms with Gasteiger partial charge in [0, 0.05) is 20.4 Å². The Bertz CT molecular complexity index is 267. The van der Waals surface area contributed by atoms with E-state index in [4.69, 9.17) is 0 Å². The third-order valence-corrected chi connectivity index (χ3v) is 1.54. The lowest BCUT2D eigenvalue weighted by atomic mass is 10.5. The number of nitrogens with zero attached hydrogens (tertiary/aromatic N) is 2. The van der Waals surface area contributed by atoms with E-state index in [1.54, 1.807) is 0 Å². The molecule has 0 atom stereocenters. The average molecular weight is 233 g/mol. The summed E-state index contributed by atoms with van der Waals surface area (Å²) in [6.45, 7) is 2.78. The van der Waals surface area contributed by atoms with Gasteiger partial charge in [-0.1, -0.05) is 0 Å². The van der Waals surface area contributed by atoms with Crippen molar-refractivity contribution in [3.05, 3.63) is 17.0 Å². The average Bonchev–Trinajstić information content (AvgIpc) is 2.16. The molecule has 0 aromatic carbocycles.